The molecule has 0 saturated carbocycles. The highest BCUT2D eigenvalue weighted by molar-refractivity contribution is 5.26. The third-order valence-electron chi connectivity index (χ3n) is 2.78. The third kappa shape index (κ3) is 3.65. The van der Waals surface area contributed by atoms with Crippen LogP contribution in [0.1, 0.15) is 31.9 Å². The monoisotopic (exact) mass is 207 g/mol. The van der Waals surface area contributed by atoms with Crippen molar-refractivity contribution in [1.29, 1.82) is 0 Å². The Kier molecular flexibility index (Phi) is 4.79. The van der Waals surface area contributed by atoms with Crippen LogP contribution in [0.2, 0.25) is 0 Å². The quantitative estimate of drug-likeness (QED) is 0.805. The van der Waals surface area contributed by atoms with Gasteiger partial charge in [-0.05, 0) is 24.0 Å². The second-order valence-electron chi connectivity index (χ2n) is 4.23. The van der Waals surface area contributed by atoms with Crippen LogP contribution in [0.5, 0.6) is 0 Å². The number of benzene rings is 1. The Labute approximate surface area is 92.4 Å². The minimum Gasteiger partial charge on any atom is -0.374 e. The maximum atomic E-state index is 5.78. The molecule has 2 nitrogen and oxygen atoms in total. The summed E-state index contributed by atoms with van der Waals surface area (Å²) in [5.74, 6) is 0.551. The summed E-state index contributed by atoms with van der Waals surface area (Å²) >= 11 is 0. The molecule has 1 unspecified atom stereocenters. The zero-order valence-electron chi connectivity index (χ0n) is 9.86. The Hall–Kier alpha value is -0.860. The first-order valence-electron chi connectivity index (χ1n) is 5.53. The van der Waals surface area contributed by atoms with E-state index in [0.29, 0.717) is 19.1 Å². The van der Waals surface area contributed by atoms with Gasteiger partial charge in [-0.25, -0.2) is 0 Å². The molecule has 0 bridgehead atoms. The van der Waals surface area contributed by atoms with E-state index in [-0.39, 0.29) is 6.10 Å². The van der Waals surface area contributed by atoms with Gasteiger partial charge in [-0.2, -0.15) is 0 Å². The van der Waals surface area contributed by atoms with Gasteiger partial charge >= 0.3 is 0 Å². The standard InChI is InChI=1S/C13H21NO/c1-10(2)11(3)15-9-13-7-5-4-6-12(13)8-14/h4-7,10-11H,8-9,14H2,1-3H3. The number of nitrogens with two attached hydrogens (primary N) is 1. The molecule has 84 valence electrons. The first kappa shape index (κ1) is 12.2. The van der Waals surface area contributed by atoms with Crippen LogP contribution in [0.3, 0.4) is 0 Å². The maximum absolute atomic E-state index is 5.78. The van der Waals surface area contributed by atoms with Crippen molar-refractivity contribution in [2.45, 2.75) is 40.0 Å². The number of ether oxygens (including phenoxy) is 1. The van der Waals surface area contributed by atoms with Gasteiger partial charge in [0.25, 0.3) is 0 Å². The Bertz CT molecular complexity index is 296. The molecule has 1 atom stereocenters. The van der Waals surface area contributed by atoms with E-state index in [1.807, 2.05) is 12.1 Å². The number of hydrogen-bond donors (Lipinski definition) is 1. The van der Waals surface area contributed by atoms with Crippen molar-refractivity contribution in [3.05, 3.63) is 35.4 Å². The first-order valence-corrected chi connectivity index (χ1v) is 5.53. The molecule has 0 fully saturated rings. The lowest BCUT2D eigenvalue weighted by atomic mass is 10.1. The fraction of sp³-hybridized carbons (Fsp3) is 0.538. The minimum absolute atomic E-state index is 0.288. The lowest BCUT2D eigenvalue weighted by Crippen LogP contribution is -2.16. The molecular formula is C13H21NO. The molecule has 0 radical (unpaired) electrons. The Morgan fingerprint density at radius 1 is 1.13 bits per heavy atom. The molecule has 0 heterocycles. The lowest BCUT2D eigenvalue weighted by molar-refractivity contribution is 0.0232. The summed E-state index contributed by atoms with van der Waals surface area (Å²) in [4.78, 5) is 0. The summed E-state index contributed by atoms with van der Waals surface area (Å²) in [6, 6.07) is 8.17. The zero-order chi connectivity index (χ0) is 11.3. The average Bonchev–Trinajstić information content (AvgIpc) is 2.26. The molecule has 0 amide bonds. The molecule has 0 aliphatic heterocycles. The summed E-state index contributed by atoms with van der Waals surface area (Å²) in [7, 11) is 0. The molecule has 2 heteroatoms. The highest BCUT2D eigenvalue weighted by Gasteiger charge is 2.08. The van der Waals surface area contributed by atoms with E-state index in [1.165, 1.54) is 11.1 Å². The first-order chi connectivity index (χ1) is 7.15. The van der Waals surface area contributed by atoms with Gasteiger partial charge in [0.15, 0.2) is 0 Å². The van der Waals surface area contributed by atoms with Crippen molar-refractivity contribution in [2.75, 3.05) is 0 Å². The number of rotatable bonds is 5. The van der Waals surface area contributed by atoms with Gasteiger partial charge < -0.3 is 10.5 Å². The summed E-state index contributed by atoms with van der Waals surface area (Å²) in [6.45, 7) is 7.68. The SMILES string of the molecule is CC(C)C(C)OCc1ccccc1CN. The van der Waals surface area contributed by atoms with E-state index in [4.69, 9.17) is 10.5 Å². The molecule has 0 spiro atoms. The van der Waals surface area contributed by atoms with E-state index in [9.17, 15) is 0 Å². The van der Waals surface area contributed by atoms with Gasteiger partial charge in [0, 0.05) is 6.54 Å². The van der Waals surface area contributed by atoms with E-state index >= 15 is 0 Å². The second-order valence-corrected chi connectivity index (χ2v) is 4.23. The largest absolute Gasteiger partial charge is 0.374 e. The number of hydrogen-bond acceptors (Lipinski definition) is 2. The van der Waals surface area contributed by atoms with Gasteiger partial charge in [0.05, 0.1) is 12.7 Å². The third-order valence-corrected chi connectivity index (χ3v) is 2.78. The molecule has 1 rings (SSSR count). The molecule has 0 aliphatic carbocycles. The molecule has 1 aromatic rings. The van der Waals surface area contributed by atoms with Crippen molar-refractivity contribution in [3.8, 4) is 0 Å². The Balaban J connectivity index is 2.57. The van der Waals surface area contributed by atoms with Crippen LogP contribution in [-0.2, 0) is 17.9 Å². The lowest BCUT2D eigenvalue weighted by Gasteiger charge is -2.17. The topological polar surface area (TPSA) is 35.2 Å². The van der Waals surface area contributed by atoms with Crippen LogP contribution in [0.25, 0.3) is 0 Å². The predicted molar refractivity (Wildman–Crippen MR) is 63.4 cm³/mol. The molecule has 0 saturated heterocycles. The fourth-order valence-corrected chi connectivity index (χ4v) is 1.31. The van der Waals surface area contributed by atoms with Crippen LogP contribution in [0.4, 0.5) is 0 Å². The van der Waals surface area contributed by atoms with Crippen LogP contribution in [0, 0.1) is 5.92 Å². The Morgan fingerprint density at radius 2 is 1.73 bits per heavy atom. The van der Waals surface area contributed by atoms with Crippen molar-refractivity contribution < 1.29 is 4.74 Å². The fourth-order valence-electron chi connectivity index (χ4n) is 1.31. The highest BCUT2D eigenvalue weighted by atomic mass is 16.5. The normalized spacial score (nSPS) is 13.1. The van der Waals surface area contributed by atoms with Crippen LogP contribution < -0.4 is 5.73 Å². The van der Waals surface area contributed by atoms with Crippen molar-refractivity contribution in [3.63, 3.8) is 0 Å². The summed E-state index contributed by atoms with van der Waals surface area (Å²) in [5, 5.41) is 0. The van der Waals surface area contributed by atoms with Gasteiger partial charge in [0.1, 0.15) is 0 Å². The molecular weight excluding hydrogens is 186 g/mol. The summed E-state index contributed by atoms with van der Waals surface area (Å²) < 4.78 is 5.78. The molecule has 2 N–H and O–H groups in total. The Morgan fingerprint density at radius 3 is 2.27 bits per heavy atom. The highest BCUT2D eigenvalue weighted by Crippen LogP contribution is 2.13. The molecule has 0 aromatic heterocycles. The van der Waals surface area contributed by atoms with E-state index < -0.39 is 0 Å². The molecule has 1 aromatic carbocycles. The van der Waals surface area contributed by atoms with Gasteiger partial charge in [-0.3, -0.25) is 0 Å². The van der Waals surface area contributed by atoms with E-state index in [2.05, 4.69) is 32.9 Å². The average molecular weight is 207 g/mol. The van der Waals surface area contributed by atoms with Crippen LogP contribution >= 0.6 is 0 Å². The van der Waals surface area contributed by atoms with E-state index in [1.54, 1.807) is 0 Å². The van der Waals surface area contributed by atoms with Gasteiger partial charge in [0.2, 0.25) is 0 Å². The predicted octanol–water partition coefficient (Wildman–Crippen LogP) is 2.71. The maximum Gasteiger partial charge on any atom is 0.0723 e. The van der Waals surface area contributed by atoms with Gasteiger partial charge in [-0.15, -0.1) is 0 Å². The molecule has 15 heavy (non-hydrogen) atoms. The smallest absolute Gasteiger partial charge is 0.0723 e. The van der Waals surface area contributed by atoms with Crippen molar-refractivity contribution in [1.82, 2.24) is 0 Å². The van der Waals surface area contributed by atoms with Crippen molar-refractivity contribution >= 4 is 0 Å². The second kappa shape index (κ2) is 5.89. The molecule has 0 aliphatic rings. The summed E-state index contributed by atoms with van der Waals surface area (Å²) in [5.41, 5.74) is 8.04. The van der Waals surface area contributed by atoms with Crippen LogP contribution in [-0.4, -0.2) is 6.10 Å². The minimum atomic E-state index is 0.288. The van der Waals surface area contributed by atoms with Crippen molar-refractivity contribution in [2.24, 2.45) is 11.7 Å². The summed E-state index contributed by atoms with van der Waals surface area (Å²) in [6.07, 6.45) is 0.288. The van der Waals surface area contributed by atoms with E-state index in [0.717, 1.165) is 0 Å². The van der Waals surface area contributed by atoms with Gasteiger partial charge in [-0.1, -0.05) is 38.1 Å². The van der Waals surface area contributed by atoms with Crippen LogP contribution in [0.15, 0.2) is 24.3 Å². The zero-order valence-corrected chi connectivity index (χ0v) is 9.86.